The summed E-state index contributed by atoms with van der Waals surface area (Å²) in [7, 11) is 1.69. The van der Waals surface area contributed by atoms with Crippen LogP contribution < -0.4 is 4.74 Å². The van der Waals surface area contributed by atoms with E-state index in [9.17, 15) is 0 Å². The van der Waals surface area contributed by atoms with Crippen LogP contribution in [0.15, 0.2) is 46.9 Å². The molecule has 4 aromatic rings. The monoisotopic (exact) mass is 420 g/mol. The molecule has 0 N–H and O–H groups in total. The summed E-state index contributed by atoms with van der Waals surface area (Å²) in [6.45, 7) is 4.95. The molecule has 0 amide bonds. The van der Waals surface area contributed by atoms with Crippen molar-refractivity contribution < 1.29 is 9.15 Å². The van der Waals surface area contributed by atoms with Gasteiger partial charge in [0.05, 0.1) is 23.2 Å². The van der Waals surface area contributed by atoms with Crippen molar-refractivity contribution in [1.29, 1.82) is 0 Å². The van der Waals surface area contributed by atoms with Gasteiger partial charge in [-0.2, -0.15) is 0 Å². The SMILES string of the molecule is COc1ccc2nc(CN3CCC(c4nnc(-c5ccc(C)s5)o4)CC3)ccc2c1. The summed E-state index contributed by atoms with van der Waals surface area (Å²) in [6.07, 6.45) is 2.05. The second kappa shape index (κ2) is 8.16. The van der Waals surface area contributed by atoms with E-state index in [1.165, 1.54) is 4.88 Å². The van der Waals surface area contributed by atoms with Crippen LogP contribution in [0.3, 0.4) is 0 Å². The standard InChI is InChI=1S/C23H24N4O2S/c1-15-3-8-21(30-15)23-26-25-22(29-23)16-9-11-27(12-10-16)14-18-5-4-17-13-19(28-2)6-7-20(17)24-18/h3-8,13,16H,9-12,14H2,1-2H3. The molecule has 154 valence electrons. The highest BCUT2D eigenvalue weighted by Crippen LogP contribution is 2.32. The minimum absolute atomic E-state index is 0.334. The molecule has 0 spiro atoms. The maximum atomic E-state index is 5.99. The zero-order chi connectivity index (χ0) is 20.5. The predicted molar refractivity (Wildman–Crippen MR) is 118 cm³/mol. The highest BCUT2D eigenvalue weighted by Gasteiger charge is 2.25. The third-order valence-corrected chi connectivity index (χ3v) is 6.66. The molecule has 1 aromatic carbocycles. The second-order valence-electron chi connectivity index (χ2n) is 7.77. The maximum Gasteiger partial charge on any atom is 0.257 e. The number of rotatable bonds is 5. The van der Waals surface area contributed by atoms with Crippen LogP contribution >= 0.6 is 11.3 Å². The molecule has 0 bridgehead atoms. The van der Waals surface area contributed by atoms with Crippen LogP contribution in [0.2, 0.25) is 0 Å². The van der Waals surface area contributed by atoms with Gasteiger partial charge in [0, 0.05) is 22.7 Å². The summed E-state index contributed by atoms with van der Waals surface area (Å²) < 4.78 is 11.3. The van der Waals surface area contributed by atoms with Gasteiger partial charge in [-0.25, -0.2) is 0 Å². The van der Waals surface area contributed by atoms with E-state index in [-0.39, 0.29) is 0 Å². The summed E-state index contributed by atoms with van der Waals surface area (Å²) in [6, 6.07) is 14.4. The Morgan fingerprint density at radius 2 is 1.97 bits per heavy atom. The zero-order valence-electron chi connectivity index (χ0n) is 17.2. The van der Waals surface area contributed by atoms with Gasteiger partial charge in [-0.1, -0.05) is 6.07 Å². The third kappa shape index (κ3) is 3.95. The Labute approximate surface area is 179 Å². The Hall–Kier alpha value is -2.77. The van der Waals surface area contributed by atoms with E-state index in [1.54, 1.807) is 18.4 Å². The molecule has 3 aromatic heterocycles. The number of piperidine rings is 1. The van der Waals surface area contributed by atoms with Crippen molar-refractivity contribution in [3.63, 3.8) is 0 Å². The Morgan fingerprint density at radius 1 is 1.10 bits per heavy atom. The number of methoxy groups -OCH3 is 1. The molecule has 1 aliphatic rings. The van der Waals surface area contributed by atoms with E-state index in [0.29, 0.717) is 11.8 Å². The molecule has 4 heterocycles. The summed E-state index contributed by atoms with van der Waals surface area (Å²) >= 11 is 1.69. The molecular weight excluding hydrogens is 396 g/mol. The summed E-state index contributed by atoms with van der Waals surface area (Å²) in [5, 5.41) is 9.70. The minimum Gasteiger partial charge on any atom is -0.497 e. The lowest BCUT2D eigenvalue weighted by atomic mass is 9.97. The van der Waals surface area contributed by atoms with Gasteiger partial charge < -0.3 is 9.15 Å². The topological polar surface area (TPSA) is 64.3 Å². The van der Waals surface area contributed by atoms with Gasteiger partial charge in [-0.15, -0.1) is 21.5 Å². The van der Waals surface area contributed by atoms with Gasteiger partial charge in [-0.3, -0.25) is 9.88 Å². The number of benzene rings is 1. The Bertz CT molecular complexity index is 1160. The smallest absolute Gasteiger partial charge is 0.257 e. The van der Waals surface area contributed by atoms with Gasteiger partial charge in [-0.05, 0) is 69.3 Å². The first kappa shape index (κ1) is 19.2. The van der Waals surface area contributed by atoms with Crippen molar-refractivity contribution in [1.82, 2.24) is 20.1 Å². The quantitative estimate of drug-likeness (QED) is 0.451. The fourth-order valence-corrected chi connectivity index (χ4v) is 4.77. The Kier molecular flexibility index (Phi) is 5.23. The number of hydrogen-bond acceptors (Lipinski definition) is 7. The van der Waals surface area contributed by atoms with Crippen molar-refractivity contribution in [2.75, 3.05) is 20.2 Å². The molecule has 0 aliphatic carbocycles. The van der Waals surface area contributed by atoms with Gasteiger partial charge >= 0.3 is 0 Å². The van der Waals surface area contributed by atoms with Crippen molar-refractivity contribution in [2.24, 2.45) is 0 Å². The molecule has 5 rings (SSSR count). The molecule has 0 unspecified atom stereocenters. The van der Waals surface area contributed by atoms with E-state index >= 15 is 0 Å². The molecule has 1 aliphatic heterocycles. The van der Waals surface area contributed by atoms with Crippen LogP contribution in [0.5, 0.6) is 5.75 Å². The number of nitrogens with zero attached hydrogens (tertiary/aromatic N) is 4. The number of aromatic nitrogens is 3. The number of thiophene rings is 1. The van der Waals surface area contributed by atoms with Crippen LogP contribution in [0.25, 0.3) is 21.7 Å². The van der Waals surface area contributed by atoms with Crippen molar-refractivity contribution >= 4 is 22.2 Å². The van der Waals surface area contributed by atoms with E-state index in [4.69, 9.17) is 14.1 Å². The number of hydrogen-bond donors (Lipinski definition) is 0. The molecule has 6 nitrogen and oxygen atoms in total. The van der Waals surface area contributed by atoms with Gasteiger partial charge in [0.15, 0.2) is 0 Å². The molecule has 30 heavy (non-hydrogen) atoms. The minimum atomic E-state index is 0.334. The average Bonchev–Trinajstić information content (AvgIpc) is 3.43. The van der Waals surface area contributed by atoms with Gasteiger partial charge in [0.25, 0.3) is 5.89 Å². The molecule has 7 heteroatoms. The Morgan fingerprint density at radius 3 is 2.73 bits per heavy atom. The third-order valence-electron chi connectivity index (χ3n) is 5.67. The first-order chi connectivity index (χ1) is 14.7. The van der Waals surface area contributed by atoms with E-state index < -0.39 is 0 Å². The van der Waals surface area contributed by atoms with E-state index in [2.05, 4.69) is 40.2 Å². The first-order valence-electron chi connectivity index (χ1n) is 10.2. The number of ether oxygens (including phenoxy) is 1. The highest BCUT2D eigenvalue weighted by atomic mass is 32.1. The van der Waals surface area contributed by atoms with Crippen LogP contribution in [-0.2, 0) is 6.54 Å². The maximum absolute atomic E-state index is 5.99. The average molecular weight is 421 g/mol. The van der Waals surface area contributed by atoms with Crippen molar-refractivity contribution in [3.8, 4) is 16.5 Å². The largest absolute Gasteiger partial charge is 0.497 e. The van der Waals surface area contributed by atoms with Crippen molar-refractivity contribution in [3.05, 3.63) is 58.9 Å². The van der Waals surface area contributed by atoms with Gasteiger partial charge in [0.2, 0.25) is 5.89 Å². The lowest BCUT2D eigenvalue weighted by Gasteiger charge is -2.30. The fraction of sp³-hybridized carbons (Fsp3) is 0.348. The number of aryl methyl sites for hydroxylation is 1. The van der Waals surface area contributed by atoms with Crippen LogP contribution in [0.4, 0.5) is 0 Å². The number of pyridine rings is 1. The Balaban J connectivity index is 1.21. The molecule has 1 saturated heterocycles. The first-order valence-corrected chi connectivity index (χ1v) is 11.1. The van der Waals surface area contributed by atoms with E-state index in [1.807, 2.05) is 24.3 Å². The van der Waals surface area contributed by atoms with Gasteiger partial charge in [0.1, 0.15) is 5.75 Å². The highest BCUT2D eigenvalue weighted by molar-refractivity contribution is 7.15. The molecular formula is C23H24N4O2S. The summed E-state index contributed by atoms with van der Waals surface area (Å²) in [4.78, 5) is 9.57. The summed E-state index contributed by atoms with van der Waals surface area (Å²) in [5.41, 5.74) is 2.10. The predicted octanol–water partition coefficient (Wildman–Crippen LogP) is 5.04. The van der Waals surface area contributed by atoms with Crippen LogP contribution in [0, 0.1) is 6.92 Å². The van der Waals surface area contributed by atoms with E-state index in [0.717, 1.165) is 65.6 Å². The lowest BCUT2D eigenvalue weighted by molar-refractivity contribution is 0.191. The second-order valence-corrected chi connectivity index (χ2v) is 9.06. The zero-order valence-corrected chi connectivity index (χ0v) is 18.0. The number of likely N-dealkylation sites (tertiary alicyclic amines) is 1. The lowest BCUT2D eigenvalue weighted by Crippen LogP contribution is -2.32. The molecule has 0 atom stereocenters. The molecule has 1 fully saturated rings. The van der Waals surface area contributed by atoms with Crippen LogP contribution in [0.1, 0.15) is 35.2 Å². The van der Waals surface area contributed by atoms with Crippen LogP contribution in [-0.4, -0.2) is 40.3 Å². The summed E-state index contributed by atoms with van der Waals surface area (Å²) in [5.74, 6) is 2.61. The molecule has 0 saturated carbocycles. The molecule has 0 radical (unpaired) electrons. The van der Waals surface area contributed by atoms with Crippen molar-refractivity contribution in [2.45, 2.75) is 32.2 Å². The fourth-order valence-electron chi connectivity index (χ4n) is 3.98. The normalized spacial score (nSPS) is 15.7. The number of fused-ring (bicyclic) bond motifs is 1.